The average Bonchev–Trinajstić information content (AvgIpc) is 1.55. The van der Waals surface area contributed by atoms with Crippen LogP contribution in [-0.2, 0) is 79.2 Å². The smallest absolute Gasteiger partial charge is 0.246 e. The van der Waals surface area contributed by atoms with Crippen molar-refractivity contribution in [1.29, 1.82) is 0 Å². The maximum atomic E-state index is 16.9. The highest BCUT2D eigenvalue weighted by Crippen LogP contribution is 2.54. The summed E-state index contributed by atoms with van der Waals surface area (Å²) in [7, 11) is 0. The zero-order chi connectivity index (χ0) is 95.9. The highest BCUT2D eigenvalue weighted by atomic mass is 35.5. The van der Waals surface area contributed by atoms with E-state index >= 15 is 28.8 Å². The third kappa shape index (κ3) is 21.5. The van der Waals surface area contributed by atoms with Crippen molar-refractivity contribution >= 4 is 98.7 Å². The number of nitrogens with two attached hydrogens (primary N) is 3. The number of hydrogen-bond acceptors (Lipinski definition) is 31. The number of Topliss-reactive ketones (excluding diaryl/α,β-unsaturated/α-hetero) is 2. The van der Waals surface area contributed by atoms with Crippen LogP contribution in [0.25, 0.3) is 22.3 Å². The Bertz CT molecular complexity index is 5590. The molecule has 11 bridgehead atoms. The Kier molecular flexibility index (Phi) is 30.5. The van der Waals surface area contributed by atoms with Gasteiger partial charge in [-0.2, -0.15) is 0 Å². The summed E-state index contributed by atoms with van der Waals surface area (Å²) < 4.78 is 53.5. The second-order valence-corrected chi connectivity index (χ2v) is 37.4. The third-order valence-electron chi connectivity index (χ3n) is 25.2. The van der Waals surface area contributed by atoms with Crippen LogP contribution in [-0.4, -0.2) is 226 Å². The summed E-state index contributed by atoms with van der Waals surface area (Å²) in [5.74, 6) is -20.6. The molecule has 3 saturated heterocycles. The maximum absolute atomic E-state index is 16.9. The molecule has 133 heavy (non-hydrogen) atoms. The van der Waals surface area contributed by atoms with Crippen molar-refractivity contribution in [2.75, 3.05) is 25.4 Å². The van der Waals surface area contributed by atoms with E-state index in [9.17, 15) is 65.4 Å². The van der Waals surface area contributed by atoms with Crippen LogP contribution in [0.3, 0.4) is 0 Å². The van der Waals surface area contributed by atoms with Gasteiger partial charge in [-0.05, 0) is 170 Å². The Morgan fingerprint density at radius 2 is 1.32 bits per heavy atom. The number of aliphatic hydroxyl groups excluding tert-OH is 7. The standard InChI is InChI=1S/C93H106Cl3N9O27S/c1-7-44(24-40(2)107)85(118)104-75-61(109)28-51(31-68(98)111)86(119)102-73-50-29-65(127-63-20-15-48(77(75)113)26-59(63)95)81(132-90-82(79(115)78(114)67(38-106)129-90)131-71-36-92(6,84(117)42(4)126-71)101-37-43-8-10-45(11-9-43)46-12-17-52(94)18-13-46)66(30-50)128-64-21-16-49(27-60(64)96)80(130-70-35-91(5,99)83(116)41(3)125-70)76-88(121)103-74(89(122)133-39-69(112)100-23-22-97)56-32-53(108)33-58-72(56)55-25-47(14-19-57(55)93(58,123)124)54(34-62(73)110)87(120)105-76/h8-21,25-27,29-30,32-33,40-42,44,51,54,67,70-71,73-80,82-84,90,101,106-108,113-117,123-124H,7,22-24,28,31,34-39,97,99H2,1-6H3,(H2,98,111)(H,100,112)(H,102,119)(H,103,121)(H,104,118)(H,105,120). The number of benzene rings is 7. The fourth-order valence-corrected chi connectivity index (χ4v) is 19.3. The lowest BCUT2D eigenvalue weighted by Gasteiger charge is -2.48. The molecule has 36 nitrogen and oxygen atoms in total. The second kappa shape index (κ2) is 41.0. The highest BCUT2D eigenvalue weighted by molar-refractivity contribution is 8.14. The van der Waals surface area contributed by atoms with E-state index in [1.807, 2.05) is 36.4 Å². The van der Waals surface area contributed by atoms with E-state index in [1.165, 1.54) is 69.3 Å². The number of phenols is 1. The molecule has 0 aromatic heterocycles. The van der Waals surface area contributed by atoms with Gasteiger partial charge in [0, 0.05) is 84.9 Å². The van der Waals surface area contributed by atoms with Gasteiger partial charge in [-0.15, -0.1) is 0 Å². The number of phenolic OH excluding ortho intramolecular Hbond substituents is 1. The molecule has 8 aliphatic heterocycles. The number of aromatic hydroxyl groups is 1. The van der Waals surface area contributed by atoms with Crippen molar-refractivity contribution in [3.8, 4) is 56.8 Å². The van der Waals surface area contributed by atoms with E-state index in [1.54, 1.807) is 32.9 Å². The molecule has 23 unspecified atom stereocenters. The number of carbonyl (C=O) groups excluding carboxylic acids is 9. The maximum Gasteiger partial charge on any atom is 0.246 e. The molecule has 0 radical (unpaired) electrons. The first-order valence-corrected chi connectivity index (χ1v) is 45.5. The zero-order valence-electron chi connectivity index (χ0n) is 72.9. The van der Waals surface area contributed by atoms with Gasteiger partial charge in [-0.1, -0.05) is 114 Å². The van der Waals surface area contributed by atoms with Crippen molar-refractivity contribution in [1.82, 2.24) is 31.9 Å². The van der Waals surface area contributed by atoms with E-state index in [2.05, 4.69) is 31.9 Å². The minimum Gasteiger partial charge on any atom is -0.508 e. The van der Waals surface area contributed by atoms with Crippen LogP contribution >= 0.6 is 46.6 Å². The first kappa shape index (κ1) is 99.1. The van der Waals surface area contributed by atoms with Crippen LogP contribution < -0.4 is 63.3 Å². The van der Waals surface area contributed by atoms with Gasteiger partial charge in [0.05, 0.1) is 64.8 Å². The Morgan fingerprint density at radius 1 is 0.692 bits per heavy atom. The number of ether oxygens (including phenoxy) is 8. The summed E-state index contributed by atoms with van der Waals surface area (Å²) in [5.41, 5.74) is 15.9. The lowest BCUT2D eigenvalue weighted by molar-refractivity contribution is -0.334. The summed E-state index contributed by atoms with van der Waals surface area (Å²) >= 11 is 21.4. The largest absolute Gasteiger partial charge is 0.508 e. The predicted molar refractivity (Wildman–Crippen MR) is 479 cm³/mol. The number of fused-ring (bicyclic) bond motifs is 12. The number of primary amides is 1. The summed E-state index contributed by atoms with van der Waals surface area (Å²) in [6.45, 7) is 8.55. The fraction of sp³-hybridized carbons (Fsp3) is 0.452. The number of hydrogen-bond donors (Lipinski definition) is 19. The van der Waals surface area contributed by atoms with Crippen LogP contribution in [0.5, 0.6) is 34.5 Å². The molecule has 712 valence electrons. The number of ketones is 2. The number of carbonyl (C=O) groups is 9. The summed E-state index contributed by atoms with van der Waals surface area (Å²) in [5, 5.41) is 134. The van der Waals surface area contributed by atoms with Gasteiger partial charge in [-0.25, -0.2) is 0 Å². The lowest BCUT2D eigenvalue weighted by atomic mass is 9.84. The van der Waals surface area contributed by atoms with Gasteiger partial charge in [-0.3, -0.25) is 43.2 Å². The second-order valence-electron chi connectivity index (χ2n) is 35.2. The Hall–Kier alpha value is -9.89. The van der Waals surface area contributed by atoms with E-state index in [-0.39, 0.29) is 101 Å². The predicted octanol–water partition coefficient (Wildman–Crippen LogP) is 4.97. The molecule has 0 spiro atoms. The summed E-state index contributed by atoms with van der Waals surface area (Å²) in [6, 6.07) is 21.8. The van der Waals surface area contributed by atoms with Crippen molar-refractivity contribution in [3.63, 3.8) is 0 Å². The summed E-state index contributed by atoms with van der Waals surface area (Å²) in [6.07, 6.45) is -26.2. The molecule has 6 amide bonds. The average molecular weight is 1920 g/mol. The van der Waals surface area contributed by atoms with Crippen LogP contribution in [0.2, 0.25) is 15.1 Å². The molecule has 16 rings (SSSR count). The first-order valence-electron chi connectivity index (χ1n) is 43.4. The normalized spacial score (nSPS) is 29.6. The summed E-state index contributed by atoms with van der Waals surface area (Å²) in [4.78, 5) is 138. The van der Waals surface area contributed by atoms with Gasteiger partial charge in [0.25, 0.3) is 0 Å². The molecule has 7 aromatic carbocycles. The SMILES string of the molecule is CCC(CC(C)O)C(=O)NC1C(=O)CC(CC(N)=O)C(=O)NC2C(=O)CC3C(=O)NC(C(=O)NC(C(=O)SCC(=O)NCCN)c4cc(O)cc5c4-c4cc3ccc4C5(O)O)C(OC3CC(C)(N)C(O)C(C)O3)c3ccc(c(Cl)c3)Oc3cc2cc(c3OC2OC(CO)C(O)C(O)C2OC2CC(C)(NCc3ccc(-c4ccc(Cl)cc4)cc3)C(O)C(C)O2)Oc2ccc(cc2Cl)C1O. The van der Waals surface area contributed by atoms with Gasteiger partial charge in [0.15, 0.2) is 41.7 Å². The Morgan fingerprint density at radius 3 is 1.95 bits per heavy atom. The number of halogens is 3. The van der Waals surface area contributed by atoms with Crippen molar-refractivity contribution < 1.29 is 132 Å². The molecule has 3 fully saturated rings. The van der Waals surface area contributed by atoms with E-state index < -0.39 is 268 Å². The van der Waals surface area contributed by atoms with Gasteiger partial charge < -0.3 is 138 Å². The van der Waals surface area contributed by atoms with Crippen LogP contribution in [0, 0.1) is 11.8 Å². The van der Waals surface area contributed by atoms with Crippen LogP contribution in [0.1, 0.15) is 161 Å². The molecule has 1 aliphatic carbocycles. The van der Waals surface area contributed by atoms with Gasteiger partial charge >= 0.3 is 0 Å². The quantitative estimate of drug-likeness (QED) is 0.0376. The number of nitrogens with one attached hydrogen (secondary N) is 6. The molecule has 22 N–H and O–H groups in total. The van der Waals surface area contributed by atoms with E-state index in [4.69, 9.17) is 89.9 Å². The number of thioether (sulfide) groups is 1. The topological polar surface area (TPSA) is 580 Å². The number of aliphatic hydroxyl groups is 9. The van der Waals surface area contributed by atoms with E-state index in [0.717, 1.165) is 47.0 Å². The van der Waals surface area contributed by atoms with Crippen molar-refractivity contribution in [2.24, 2.45) is 29.0 Å². The van der Waals surface area contributed by atoms with E-state index in [0.29, 0.717) is 16.8 Å². The minimum absolute atomic E-state index is 0.00610. The van der Waals surface area contributed by atoms with Crippen LogP contribution in [0.4, 0.5) is 0 Å². The fourth-order valence-electron chi connectivity index (χ4n) is 18.0. The Balaban J connectivity index is 0.972. The highest BCUT2D eigenvalue weighted by Gasteiger charge is 2.54. The molecule has 9 aliphatic rings. The van der Waals surface area contributed by atoms with Gasteiger partial charge in [0.2, 0.25) is 58.4 Å². The first-order chi connectivity index (χ1) is 63.0. The molecular formula is C93H106Cl3N9O27S. The molecule has 7 aromatic rings. The lowest BCUT2D eigenvalue weighted by Crippen LogP contribution is -2.65. The number of rotatable bonds is 23. The monoisotopic (exact) mass is 1920 g/mol. The molecular weight excluding hydrogens is 1810 g/mol. The molecule has 0 saturated carbocycles. The Labute approximate surface area is 782 Å². The van der Waals surface area contributed by atoms with Crippen molar-refractivity contribution in [3.05, 3.63) is 187 Å². The molecule has 40 heteroatoms. The van der Waals surface area contributed by atoms with Crippen molar-refractivity contribution in [2.45, 2.75) is 226 Å². The zero-order valence-corrected chi connectivity index (χ0v) is 76.0. The molecule has 23 atom stereocenters. The van der Waals surface area contributed by atoms with Crippen LogP contribution in [0.15, 0.2) is 127 Å². The molecule has 8 heterocycles. The minimum atomic E-state index is -3.06. The van der Waals surface area contributed by atoms with Gasteiger partial charge in [0.1, 0.15) is 71.9 Å². The third-order valence-corrected chi connectivity index (χ3v) is 27.0. The number of amides is 6.